The van der Waals surface area contributed by atoms with E-state index in [1.165, 1.54) is 18.4 Å². The van der Waals surface area contributed by atoms with Crippen molar-refractivity contribution in [3.8, 4) is 0 Å². The minimum Gasteiger partial charge on any atom is -0.342 e. The molecule has 0 radical (unpaired) electrons. The van der Waals surface area contributed by atoms with Gasteiger partial charge in [-0.3, -0.25) is 4.79 Å². The average Bonchev–Trinajstić information content (AvgIpc) is 2.98. The van der Waals surface area contributed by atoms with E-state index in [-0.39, 0.29) is 11.8 Å². The summed E-state index contributed by atoms with van der Waals surface area (Å²) in [6.07, 6.45) is 8.76. The van der Waals surface area contributed by atoms with E-state index in [1.54, 1.807) is 6.92 Å². The van der Waals surface area contributed by atoms with Crippen molar-refractivity contribution in [2.24, 2.45) is 5.41 Å². The lowest BCUT2D eigenvalue weighted by atomic mass is 9.75. The molecular weight excluding hydrogens is 290 g/mol. The van der Waals surface area contributed by atoms with Crippen LogP contribution in [0.4, 0.5) is 0 Å². The van der Waals surface area contributed by atoms with Gasteiger partial charge in [0.25, 0.3) is 5.89 Å². The highest BCUT2D eigenvalue weighted by Gasteiger charge is 2.27. The molecule has 1 saturated carbocycles. The molecule has 2 fully saturated rings. The summed E-state index contributed by atoms with van der Waals surface area (Å²) in [6.45, 7) is 7.84. The Kier molecular flexibility index (Phi) is 4.55. The van der Waals surface area contributed by atoms with Crippen molar-refractivity contribution in [2.45, 2.75) is 65.2 Å². The first-order valence-electron chi connectivity index (χ1n) is 8.71. The molecule has 1 aliphatic carbocycles. The highest BCUT2D eigenvalue weighted by atomic mass is 16.5. The molecule has 5 nitrogen and oxygen atoms in total. The van der Waals surface area contributed by atoms with Crippen LogP contribution in [0.5, 0.6) is 0 Å². The molecule has 1 atom stereocenters. The number of likely N-dealkylation sites (tertiary alicyclic amines) is 1. The number of hydrogen-bond acceptors (Lipinski definition) is 4. The van der Waals surface area contributed by atoms with Crippen LogP contribution in [0, 0.1) is 5.41 Å². The molecule has 1 aromatic rings. The molecule has 2 heterocycles. The van der Waals surface area contributed by atoms with Gasteiger partial charge in [0.15, 0.2) is 5.82 Å². The van der Waals surface area contributed by atoms with Crippen molar-refractivity contribution >= 4 is 12.0 Å². The van der Waals surface area contributed by atoms with Gasteiger partial charge in [-0.25, -0.2) is 0 Å². The zero-order valence-corrected chi connectivity index (χ0v) is 14.5. The number of nitrogens with zero attached hydrogens (tertiary/aromatic N) is 3. The van der Waals surface area contributed by atoms with Gasteiger partial charge in [-0.2, -0.15) is 4.98 Å². The lowest BCUT2D eigenvalue weighted by molar-refractivity contribution is -0.130. The Balaban J connectivity index is 1.65. The molecule has 0 aromatic carbocycles. The predicted octanol–water partition coefficient (Wildman–Crippen LogP) is 3.78. The number of hydrogen-bond donors (Lipinski definition) is 0. The number of rotatable bonds is 2. The second-order valence-electron chi connectivity index (χ2n) is 7.76. The second kappa shape index (κ2) is 6.46. The van der Waals surface area contributed by atoms with Crippen LogP contribution in [0.15, 0.2) is 10.1 Å². The van der Waals surface area contributed by atoms with E-state index in [0.29, 0.717) is 17.9 Å². The van der Waals surface area contributed by atoms with E-state index in [9.17, 15) is 4.79 Å². The predicted molar refractivity (Wildman–Crippen MR) is 88.8 cm³/mol. The zero-order valence-electron chi connectivity index (χ0n) is 14.5. The third-order valence-corrected chi connectivity index (χ3v) is 5.26. The molecule has 0 bridgehead atoms. The van der Waals surface area contributed by atoms with Crippen LogP contribution in [0.2, 0.25) is 0 Å². The SMILES string of the molecule is CC(=O)N1CCCC(c2noc(C=C3CCC(C)(C)CC3)n2)C1. The summed E-state index contributed by atoms with van der Waals surface area (Å²) in [5.41, 5.74) is 1.86. The van der Waals surface area contributed by atoms with Gasteiger partial charge in [0.2, 0.25) is 5.91 Å². The summed E-state index contributed by atoms with van der Waals surface area (Å²) in [5, 5.41) is 4.16. The fraction of sp³-hybridized carbons (Fsp3) is 0.722. The van der Waals surface area contributed by atoms with Gasteiger partial charge in [0.05, 0.1) is 0 Å². The Morgan fingerprint density at radius 1 is 1.35 bits per heavy atom. The normalized spacial score (nSPS) is 24.6. The van der Waals surface area contributed by atoms with Gasteiger partial charge < -0.3 is 9.42 Å². The molecule has 1 unspecified atom stereocenters. The summed E-state index contributed by atoms with van der Waals surface area (Å²) in [6, 6.07) is 0. The van der Waals surface area contributed by atoms with Crippen molar-refractivity contribution in [3.05, 3.63) is 17.3 Å². The maximum Gasteiger partial charge on any atom is 0.250 e. The van der Waals surface area contributed by atoms with Gasteiger partial charge in [-0.15, -0.1) is 0 Å². The lowest BCUT2D eigenvalue weighted by Gasteiger charge is -2.30. The first-order valence-corrected chi connectivity index (χ1v) is 8.71. The van der Waals surface area contributed by atoms with E-state index in [0.717, 1.165) is 38.1 Å². The standard InChI is InChI=1S/C18H27N3O2/c1-13(22)21-10-4-5-15(12-21)17-19-16(23-20-17)11-14-6-8-18(2,3)9-7-14/h11,15H,4-10,12H2,1-3H3. The Bertz CT molecular complexity index is 591. The molecule has 1 amide bonds. The number of aromatic nitrogens is 2. The van der Waals surface area contributed by atoms with Crippen LogP contribution in [0.1, 0.15) is 76.9 Å². The average molecular weight is 317 g/mol. The van der Waals surface area contributed by atoms with E-state index in [1.807, 2.05) is 4.90 Å². The lowest BCUT2D eigenvalue weighted by Crippen LogP contribution is -2.37. The number of carbonyl (C=O) groups is 1. The molecule has 1 aliphatic heterocycles. The fourth-order valence-corrected chi connectivity index (χ4v) is 3.51. The summed E-state index contributed by atoms with van der Waals surface area (Å²) < 4.78 is 5.43. The van der Waals surface area contributed by atoms with Crippen molar-refractivity contribution < 1.29 is 9.32 Å². The van der Waals surface area contributed by atoms with Crippen LogP contribution in [0.25, 0.3) is 6.08 Å². The van der Waals surface area contributed by atoms with E-state index < -0.39 is 0 Å². The molecule has 126 valence electrons. The molecule has 2 aliphatic rings. The van der Waals surface area contributed by atoms with Gasteiger partial charge in [0.1, 0.15) is 0 Å². The Morgan fingerprint density at radius 3 is 2.78 bits per heavy atom. The highest BCUT2D eigenvalue weighted by Crippen LogP contribution is 2.38. The molecule has 1 aromatic heterocycles. The summed E-state index contributed by atoms with van der Waals surface area (Å²) >= 11 is 0. The topological polar surface area (TPSA) is 59.2 Å². The molecule has 1 saturated heterocycles. The van der Waals surface area contributed by atoms with E-state index >= 15 is 0 Å². The first kappa shape index (κ1) is 16.2. The number of allylic oxidation sites excluding steroid dienone is 1. The molecule has 23 heavy (non-hydrogen) atoms. The van der Waals surface area contributed by atoms with Gasteiger partial charge in [-0.1, -0.05) is 24.6 Å². The number of amides is 1. The van der Waals surface area contributed by atoms with E-state index in [2.05, 4.69) is 30.1 Å². The van der Waals surface area contributed by atoms with Gasteiger partial charge in [0, 0.05) is 32.0 Å². The minimum absolute atomic E-state index is 0.130. The third kappa shape index (κ3) is 4.01. The van der Waals surface area contributed by atoms with Crippen molar-refractivity contribution in [1.29, 1.82) is 0 Å². The Morgan fingerprint density at radius 2 is 2.09 bits per heavy atom. The monoisotopic (exact) mass is 317 g/mol. The molecule has 3 rings (SSSR count). The van der Waals surface area contributed by atoms with E-state index in [4.69, 9.17) is 4.52 Å². The molecular formula is C18H27N3O2. The fourth-order valence-electron chi connectivity index (χ4n) is 3.51. The van der Waals surface area contributed by atoms with Crippen molar-refractivity contribution in [3.63, 3.8) is 0 Å². The molecule has 5 heteroatoms. The maximum absolute atomic E-state index is 11.5. The van der Waals surface area contributed by atoms with Crippen LogP contribution >= 0.6 is 0 Å². The van der Waals surface area contributed by atoms with Crippen LogP contribution in [-0.4, -0.2) is 34.0 Å². The summed E-state index contributed by atoms with van der Waals surface area (Å²) in [4.78, 5) is 18.0. The number of carbonyl (C=O) groups excluding carboxylic acids is 1. The summed E-state index contributed by atoms with van der Waals surface area (Å²) in [5.74, 6) is 1.70. The maximum atomic E-state index is 11.5. The second-order valence-corrected chi connectivity index (χ2v) is 7.76. The quantitative estimate of drug-likeness (QED) is 0.833. The van der Waals surface area contributed by atoms with Gasteiger partial charge in [-0.05, 0) is 43.9 Å². The smallest absolute Gasteiger partial charge is 0.250 e. The highest BCUT2D eigenvalue weighted by molar-refractivity contribution is 5.73. The van der Waals surface area contributed by atoms with Crippen LogP contribution in [-0.2, 0) is 4.79 Å². The van der Waals surface area contributed by atoms with Gasteiger partial charge >= 0.3 is 0 Å². The first-order chi connectivity index (χ1) is 10.9. The van der Waals surface area contributed by atoms with Crippen molar-refractivity contribution in [2.75, 3.05) is 13.1 Å². The molecule has 0 spiro atoms. The Labute approximate surface area is 138 Å². The largest absolute Gasteiger partial charge is 0.342 e. The third-order valence-electron chi connectivity index (χ3n) is 5.26. The minimum atomic E-state index is 0.130. The number of piperidine rings is 1. The molecule has 0 N–H and O–H groups in total. The zero-order chi connectivity index (χ0) is 16.4. The van der Waals surface area contributed by atoms with Crippen molar-refractivity contribution in [1.82, 2.24) is 15.0 Å². The Hall–Kier alpha value is -1.65. The summed E-state index contributed by atoms with van der Waals surface area (Å²) in [7, 11) is 0. The van der Waals surface area contributed by atoms with Crippen LogP contribution < -0.4 is 0 Å². The van der Waals surface area contributed by atoms with Crippen LogP contribution in [0.3, 0.4) is 0 Å².